The van der Waals surface area contributed by atoms with Crippen LogP contribution in [0, 0.1) is 0 Å². The molecule has 0 rings (SSSR count). The molecule has 0 aliphatic heterocycles. The fourth-order valence-corrected chi connectivity index (χ4v) is 2.12. The minimum absolute atomic E-state index is 0.578. The van der Waals surface area contributed by atoms with Gasteiger partial charge in [-0.3, -0.25) is 0 Å². The lowest BCUT2D eigenvalue weighted by atomic mass is 10.4. The van der Waals surface area contributed by atoms with E-state index in [1.54, 1.807) is 0 Å². The Hall–Kier alpha value is 0.700. The summed E-state index contributed by atoms with van der Waals surface area (Å²) in [6.07, 6.45) is 3.94. The minimum Gasteiger partial charge on any atom is -0.176 e. The molecular formula is C8H18S2. The van der Waals surface area contributed by atoms with Crippen LogP contribution in [0.4, 0.5) is 0 Å². The Kier molecular flexibility index (Phi) is 8.35. The maximum Gasteiger partial charge on any atom is -0.000374 e. The molecule has 0 aromatic rings. The smallest absolute Gasteiger partial charge is 0.000374 e. The average molecular weight is 178 g/mol. The molecule has 1 atom stereocenters. The number of hydrogen-bond donors (Lipinski definition) is 1. The van der Waals surface area contributed by atoms with Gasteiger partial charge in [-0.25, -0.2) is 0 Å². The summed E-state index contributed by atoms with van der Waals surface area (Å²) in [5, 5.41) is 0.578. The van der Waals surface area contributed by atoms with Gasteiger partial charge in [0.1, 0.15) is 0 Å². The molecule has 0 N–H and O–H groups in total. The number of thioether (sulfide) groups is 1. The summed E-state index contributed by atoms with van der Waals surface area (Å²) < 4.78 is 0. The van der Waals surface area contributed by atoms with Crippen LogP contribution in [0.15, 0.2) is 0 Å². The van der Waals surface area contributed by atoms with Crippen molar-refractivity contribution < 1.29 is 0 Å². The molecule has 1 unspecified atom stereocenters. The normalized spacial score (nSPS) is 13.5. The van der Waals surface area contributed by atoms with E-state index >= 15 is 0 Å². The Labute approximate surface area is 74.6 Å². The van der Waals surface area contributed by atoms with Crippen molar-refractivity contribution in [2.24, 2.45) is 0 Å². The molecule has 0 nitrogen and oxygen atoms in total. The van der Waals surface area contributed by atoms with Gasteiger partial charge in [0, 0.05) is 0 Å². The van der Waals surface area contributed by atoms with E-state index in [9.17, 15) is 0 Å². The number of hydrogen-bond acceptors (Lipinski definition) is 2. The Bertz CT molecular complexity index is 62.3. The van der Waals surface area contributed by atoms with Crippen LogP contribution in [0.25, 0.3) is 0 Å². The van der Waals surface area contributed by atoms with E-state index in [0.717, 1.165) is 0 Å². The van der Waals surface area contributed by atoms with Crippen molar-refractivity contribution in [2.75, 3.05) is 11.5 Å². The van der Waals surface area contributed by atoms with E-state index in [1.807, 2.05) is 0 Å². The summed E-state index contributed by atoms with van der Waals surface area (Å²) in [5.41, 5.74) is 0. The second-order valence-electron chi connectivity index (χ2n) is 2.60. The monoisotopic (exact) mass is 178 g/mol. The summed E-state index contributed by atoms with van der Waals surface area (Å²) >= 11 is 6.37. The van der Waals surface area contributed by atoms with Gasteiger partial charge in [0.2, 0.25) is 0 Å². The second kappa shape index (κ2) is 7.80. The van der Waals surface area contributed by atoms with Crippen LogP contribution in [-0.2, 0) is 0 Å². The van der Waals surface area contributed by atoms with Gasteiger partial charge in [0.25, 0.3) is 0 Å². The van der Waals surface area contributed by atoms with Gasteiger partial charge in [-0.05, 0) is 29.6 Å². The van der Waals surface area contributed by atoms with Crippen LogP contribution in [0.5, 0.6) is 0 Å². The SMILES string of the molecule is CCCCSCCC(C)S. The van der Waals surface area contributed by atoms with Crippen molar-refractivity contribution in [1.29, 1.82) is 0 Å². The molecule has 0 bridgehead atoms. The van der Waals surface area contributed by atoms with E-state index in [0.29, 0.717) is 5.25 Å². The zero-order chi connectivity index (χ0) is 7.82. The van der Waals surface area contributed by atoms with Gasteiger partial charge in [0.15, 0.2) is 0 Å². The predicted molar refractivity (Wildman–Crippen MR) is 55.3 cm³/mol. The molecule has 10 heavy (non-hydrogen) atoms. The lowest BCUT2D eigenvalue weighted by Crippen LogP contribution is -1.93. The summed E-state index contributed by atoms with van der Waals surface area (Å²) in [7, 11) is 0. The van der Waals surface area contributed by atoms with Crippen molar-refractivity contribution in [2.45, 2.75) is 38.4 Å². The average Bonchev–Trinajstić information content (AvgIpc) is 1.87. The fraction of sp³-hybridized carbons (Fsp3) is 1.00. The van der Waals surface area contributed by atoms with Crippen LogP contribution in [0.2, 0.25) is 0 Å². The molecule has 0 aromatic heterocycles. The lowest BCUT2D eigenvalue weighted by Gasteiger charge is -2.02. The Balaban J connectivity index is 2.77. The van der Waals surface area contributed by atoms with E-state index in [2.05, 4.69) is 38.2 Å². The number of thiol groups is 1. The Morgan fingerprint density at radius 2 is 2.10 bits per heavy atom. The van der Waals surface area contributed by atoms with Gasteiger partial charge >= 0.3 is 0 Å². The molecule has 0 radical (unpaired) electrons. The third-order valence-corrected chi connectivity index (χ3v) is 2.68. The molecule has 0 spiro atoms. The van der Waals surface area contributed by atoms with Gasteiger partial charge < -0.3 is 0 Å². The molecule has 0 saturated carbocycles. The highest BCUT2D eigenvalue weighted by Gasteiger charge is 1.93. The quantitative estimate of drug-likeness (QED) is 0.481. The van der Waals surface area contributed by atoms with Crippen molar-refractivity contribution in [3.05, 3.63) is 0 Å². The maximum absolute atomic E-state index is 4.31. The third-order valence-electron chi connectivity index (χ3n) is 1.32. The largest absolute Gasteiger partial charge is 0.176 e. The van der Waals surface area contributed by atoms with Crippen molar-refractivity contribution in [3.8, 4) is 0 Å². The first-order valence-corrected chi connectivity index (χ1v) is 5.70. The fourth-order valence-electron chi connectivity index (χ4n) is 0.602. The van der Waals surface area contributed by atoms with Crippen LogP contribution < -0.4 is 0 Å². The molecule has 0 amide bonds. The first-order chi connectivity index (χ1) is 4.77. The zero-order valence-corrected chi connectivity index (χ0v) is 8.68. The van der Waals surface area contributed by atoms with Crippen LogP contribution in [0.1, 0.15) is 33.1 Å². The summed E-state index contributed by atoms with van der Waals surface area (Å²) in [4.78, 5) is 0. The molecular weight excluding hydrogens is 160 g/mol. The van der Waals surface area contributed by atoms with Gasteiger partial charge in [-0.2, -0.15) is 24.4 Å². The standard InChI is InChI=1S/C8H18S2/c1-3-4-6-10-7-5-8(2)9/h8-9H,3-7H2,1-2H3. The maximum atomic E-state index is 4.31. The first kappa shape index (κ1) is 10.7. The lowest BCUT2D eigenvalue weighted by molar-refractivity contribution is 0.888. The molecule has 0 aromatic carbocycles. The highest BCUT2D eigenvalue weighted by atomic mass is 32.2. The molecule has 0 aliphatic carbocycles. The topological polar surface area (TPSA) is 0 Å². The third kappa shape index (κ3) is 8.70. The highest BCUT2D eigenvalue weighted by molar-refractivity contribution is 7.99. The van der Waals surface area contributed by atoms with Crippen LogP contribution in [0.3, 0.4) is 0 Å². The minimum atomic E-state index is 0.578. The summed E-state index contributed by atoms with van der Waals surface area (Å²) in [6.45, 7) is 4.39. The van der Waals surface area contributed by atoms with Crippen LogP contribution >= 0.6 is 24.4 Å². The Morgan fingerprint density at radius 3 is 2.60 bits per heavy atom. The second-order valence-corrected chi connectivity index (χ2v) is 4.71. The van der Waals surface area contributed by atoms with E-state index in [1.165, 1.54) is 30.8 Å². The van der Waals surface area contributed by atoms with Gasteiger partial charge in [-0.1, -0.05) is 20.3 Å². The molecule has 0 aliphatic rings. The van der Waals surface area contributed by atoms with Crippen molar-refractivity contribution in [1.82, 2.24) is 0 Å². The molecule has 2 heteroatoms. The van der Waals surface area contributed by atoms with E-state index in [-0.39, 0.29) is 0 Å². The number of rotatable bonds is 6. The predicted octanol–water partition coefficient (Wildman–Crippen LogP) is 3.23. The molecule has 0 fully saturated rings. The van der Waals surface area contributed by atoms with Gasteiger partial charge in [-0.15, -0.1) is 0 Å². The molecule has 62 valence electrons. The molecule has 0 saturated heterocycles. The molecule has 0 heterocycles. The summed E-state index contributed by atoms with van der Waals surface area (Å²) in [6, 6.07) is 0. The highest BCUT2D eigenvalue weighted by Crippen LogP contribution is 2.09. The first-order valence-electron chi connectivity index (χ1n) is 4.03. The van der Waals surface area contributed by atoms with Gasteiger partial charge in [0.05, 0.1) is 0 Å². The zero-order valence-electron chi connectivity index (χ0n) is 6.97. The van der Waals surface area contributed by atoms with E-state index in [4.69, 9.17) is 0 Å². The van der Waals surface area contributed by atoms with E-state index < -0.39 is 0 Å². The van der Waals surface area contributed by atoms with Crippen LogP contribution in [-0.4, -0.2) is 16.8 Å². The Morgan fingerprint density at radius 1 is 1.40 bits per heavy atom. The summed E-state index contributed by atoms with van der Waals surface area (Å²) in [5.74, 6) is 2.61. The van der Waals surface area contributed by atoms with Crippen molar-refractivity contribution >= 4 is 24.4 Å². The number of unbranched alkanes of at least 4 members (excludes halogenated alkanes) is 1. The van der Waals surface area contributed by atoms with Crippen molar-refractivity contribution in [3.63, 3.8) is 0 Å².